The van der Waals surface area contributed by atoms with Crippen LogP contribution in [0.3, 0.4) is 0 Å². The molecule has 116 valence electrons. The Labute approximate surface area is 139 Å². The molecule has 0 bridgehead atoms. The van der Waals surface area contributed by atoms with E-state index in [1.165, 1.54) is 0 Å². The molecule has 1 aliphatic heterocycles. The third-order valence-electron chi connectivity index (χ3n) is 3.53. The summed E-state index contributed by atoms with van der Waals surface area (Å²) in [5, 5.41) is 0.611. The smallest absolute Gasteiger partial charge is 0.185 e. The van der Waals surface area contributed by atoms with Crippen LogP contribution in [0.2, 0.25) is 5.02 Å². The summed E-state index contributed by atoms with van der Waals surface area (Å²) < 4.78 is 10.9. The lowest BCUT2D eigenvalue weighted by molar-refractivity contribution is 0.104. The number of carbonyl (C=O) groups is 1. The molecular formula is C19H15ClO3. The van der Waals surface area contributed by atoms with E-state index in [1.54, 1.807) is 43.5 Å². The maximum Gasteiger partial charge on any atom is 0.185 e. The van der Waals surface area contributed by atoms with E-state index in [0.717, 1.165) is 22.6 Å². The predicted octanol–water partition coefficient (Wildman–Crippen LogP) is 4.56. The lowest BCUT2D eigenvalue weighted by atomic mass is 10.1. The van der Waals surface area contributed by atoms with Crippen LogP contribution in [0.15, 0.2) is 60.2 Å². The maximum atomic E-state index is 12.1. The zero-order valence-electron chi connectivity index (χ0n) is 12.6. The maximum absolute atomic E-state index is 12.1. The van der Waals surface area contributed by atoms with Gasteiger partial charge in [-0.15, -0.1) is 0 Å². The molecule has 0 aliphatic carbocycles. The Bertz CT molecular complexity index is 789. The largest absolute Gasteiger partial charge is 0.497 e. The summed E-state index contributed by atoms with van der Waals surface area (Å²) in [4.78, 5) is 12.1. The highest BCUT2D eigenvalue weighted by molar-refractivity contribution is 6.30. The minimum Gasteiger partial charge on any atom is -0.497 e. The number of ether oxygens (including phenoxy) is 2. The van der Waals surface area contributed by atoms with Gasteiger partial charge in [0, 0.05) is 16.1 Å². The Kier molecular flexibility index (Phi) is 4.49. The van der Waals surface area contributed by atoms with E-state index in [2.05, 4.69) is 0 Å². The van der Waals surface area contributed by atoms with Gasteiger partial charge in [-0.05, 0) is 60.2 Å². The van der Waals surface area contributed by atoms with Crippen LogP contribution >= 0.6 is 11.6 Å². The van der Waals surface area contributed by atoms with Gasteiger partial charge in [0.1, 0.15) is 18.1 Å². The number of benzene rings is 2. The molecular weight excluding hydrogens is 312 g/mol. The monoisotopic (exact) mass is 326 g/mol. The van der Waals surface area contributed by atoms with Crippen molar-refractivity contribution in [2.75, 3.05) is 13.7 Å². The number of rotatable bonds is 4. The molecule has 0 amide bonds. The normalized spacial score (nSPS) is 13.2. The Morgan fingerprint density at radius 1 is 1.22 bits per heavy atom. The predicted molar refractivity (Wildman–Crippen MR) is 91.4 cm³/mol. The summed E-state index contributed by atoms with van der Waals surface area (Å²) in [6.07, 6.45) is 5.32. The molecule has 0 spiro atoms. The molecule has 0 N–H and O–H groups in total. The first kappa shape index (κ1) is 15.4. The number of carbonyl (C=O) groups excluding carboxylic acids is 1. The second-order valence-corrected chi connectivity index (χ2v) is 5.55. The molecule has 1 heterocycles. The van der Waals surface area contributed by atoms with Crippen LogP contribution < -0.4 is 9.47 Å². The molecule has 3 nitrogen and oxygen atoms in total. The van der Waals surface area contributed by atoms with Gasteiger partial charge >= 0.3 is 0 Å². The van der Waals surface area contributed by atoms with Gasteiger partial charge in [-0.2, -0.15) is 0 Å². The lowest BCUT2D eigenvalue weighted by Gasteiger charge is -2.16. The second-order valence-electron chi connectivity index (χ2n) is 5.12. The van der Waals surface area contributed by atoms with Crippen molar-refractivity contribution in [1.82, 2.24) is 0 Å². The highest BCUT2D eigenvalue weighted by atomic mass is 35.5. The van der Waals surface area contributed by atoms with Crippen LogP contribution in [0.4, 0.5) is 0 Å². The molecule has 4 heteroatoms. The Morgan fingerprint density at radius 2 is 2.00 bits per heavy atom. The van der Waals surface area contributed by atoms with E-state index in [-0.39, 0.29) is 5.78 Å². The molecule has 2 aromatic rings. The summed E-state index contributed by atoms with van der Waals surface area (Å²) in [5.74, 6) is 1.51. The van der Waals surface area contributed by atoms with Crippen molar-refractivity contribution in [3.63, 3.8) is 0 Å². The van der Waals surface area contributed by atoms with Gasteiger partial charge in [0.05, 0.1) is 7.11 Å². The van der Waals surface area contributed by atoms with Gasteiger partial charge in [-0.1, -0.05) is 17.7 Å². The molecule has 3 rings (SSSR count). The number of hydrogen-bond donors (Lipinski definition) is 0. The van der Waals surface area contributed by atoms with Crippen molar-refractivity contribution in [1.29, 1.82) is 0 Å². The van der Waals surface area contributed by atoms with Gasteiger partial charge in [-0.3, -0.25) is 4.79 Å². The third-order valence-corrected chi connectivity index (χ3v) is 3.78. The van der Waals surface area contributed by atoms with Gasteiger partial charge < -0.3 is 9.47 Å². The summed E-state index contributed by atoms with van der Waals surface area (Å²) in [6.45, 7) is 0.434. The molecule has 2 aromatic carbocycles. The van der Waals surface area contributed by atoms with Crippen molar-refractivity contribution < 1.29 is 14.3 Å². The summed E-state index contributed by atoms with van der Waals surface area (Å²) in [7, 11) is 1.63. The molecule has 0 aromatic heterocycles. The van der Waals surface area contributed by atoms with Crippen molar-refractivity contribution in [3.8, 4) is 11.5 Å². The molecule has 23 heavy (non-hydrogen) atoms. The van der Waals surface area contributed by atoms with Gasteiger partial charge in [0.15, 0.2) is 5.78 Å². The highest BCUT2D eigenvalue weighted by Crippen LogP contribution is 2.30. The van der Waals surface area contributed by atoms with E-state index in [0.29, 0.717) is 17.2 Å². The van der Waals surface area contributed by atoms with Gasteiger partial charge in [-0.25, -0.2) is 0 Å². The van der Waals surface area contributed by atoms with E-state index in [9.17, 15) is 4.79 Å². The Hall–Kier alpha value is -2.52. The number of halogens is 1. The topological polar surface area (TPSA) is 35.5 Å². The molecule has 0 radical (unpaired) electrons. The zero-order valence-corrected chi connectivity index (χ0v) is 13.3. The van der Waals surface area contributed by atoms with E-state index >= 15 is 0 Å². The number of fused-ring (bicyclic) bond motifs is 1. The SMILES string of the molecule is COc1ccc2c(c1)C=C(/C=C/C(=O)c1ccc(Cl)cc1)CO2. The number of allylic oxidation sites excluding steroid dienone is 1. The second kappa shape index (κ2) is 6.71. The molecule has 0 saturated heterocycles. The van der Waals surface area contributed by atoms with Crippen molar-refractivity contribution in [2.45, 2.75) is 0 Å². The number of ketones is 1. The lowest BCUT2D eigenvalue weighted by Crippen LogP contribution is -2.06. The summed E-state index contributed by atoms with van der Waals surface area (Å²) in [6, 6.07) is 12.5. The highest BCUT2D eigenvalue weighted by Gasteiger charge is 2.11. The number of hydrogen-bond acceptors (Lipinski definition) is 3. The first-order valence-electron chi connectivity index (χ1n) is 7.15. The first-order chi connectivity index (χ1) is 11.2. The van der Waals surface area contributed by atoms with Gasteiger partial charge in [0.25, 0.3) is 0 Å². The van der Waals surface area contributed by atoms with Crippen LogP contribution in [0, 0.1) is 0 Å². The molecule has 0 unspecified atom stereocenters. The number of methoxy groups -OCH3 is 1. The van der Waals surface area contributed by atoms with E-state index in [1.807, 2.05) is 24.3 Å². The molecule has 0 atom stereocenters. The first-order valence-corrected chi connectivity index (χ1v) is 7.53. The van der Waals surface area contributed by atoms with Crippen LogP contribution in [-0.2, 0) is 0 Å². The molecule has 0 saturated carbocycles. The minimum absolute atomic E-state index is 0.0704. The van der Waals surface area contributed by atoms with Crippen molar-refractivity contribution in [3.05, 3.63) is 76.3 Å². The van der Waals surface area contributed by atoms with Crippen molar-refractivity contribution in [2.24, 2.45) is 0 Å². The summed E-state index contributed by atoms with van der Waals surface area (Å²) >= 11 is 5.82. The van der Waals surface area contributed by atoms with Crippen molar-refractivity contribution >= 4 is 23.5 Å². The Balaban J connectivity index is 1.78. The fourth-order valence-corrected chi connectivity index (χ4v) is 2.42. The third kappa shape index (κ3) is 3.63. The van der Waals surface area contributed by atoms with Crippen LogP contribution in [0.25, 0.3) is 6.08 Å². The standard InChI is InChI=1S/C19H15ClO3/c1-22-17-7-9-19-15(11-17)10-13(12-23-19)2-8-18(21)14-3-5-16(20)6-4-14/h2-11H,12H2,1H3/b8-2+. The van der Waals surface area contributed by atoms with E-state index in [4.69, 9.17) is 21.1 Å². The molecule has 1 aliphatic rings. The fourth-order valence-electron chi connectivity index (χ4n) is 2.29. The quantitative estimate of drug-likeness (QED) is 0.610. The Morgan fingerprint density at radius 3 is 2.74 bits per heavy atom. The van der Waals surface area contributed by atoms with Crippen LogP contribution in [-0.4, -0.2) is 19.5 Å². The molecule has 0 fully saturated rings. The minimum atomic E-state index is -0.0704. The van der Waals surface area contributed by atoms with Crippen LogP contribution in [0.1, 0.15) is 15.9 Å². The average molecular weight is 327 g/mol. The van der Waals surface area contributed by atoms with E-state index < -0.39 is 0 Å². The van der Waals surface area contributed by atoms with Crippen LogP contribution in [0.5, 0.6) is 11.5 Å². The average Bonchev–Trinajstić information content (AvgIpc) is 2.59. The van der Waals surface area contributed by atoms with Gasteiger partial charge in [0.2, 0.25) is 0 Å². The fraction of sp³-hybridized carbons (Fsp3) is 0.105. The zero-order chi connectivity index (χ0) is 16.2. The summed E-state index contributed by atoms with van der Waals surface area (Å²) in [5.41, 5.74) is 2.47.